The molecule has 2 rings (SSSR count). The molecule has 0 bridgehead atoms. The smallest absolute Gasteiger partial charge is 0.170 e. The molecule has 116 valence electrons. The van der Waals surface area contributed by atoms with Crippen LogP contribution in [0.1, 0.15) is 38.7 Å². The zero-order valence-electron chi connectivity index (χ0n) is 12.8. The van der Waals surface area contributed by atoms with Crippen LogP contribution in [-0.2, 0) is 0 Å². The van der Waals surface area contributed by atoms with Crippen molar-refractivity contribution in [3.63, 3.8) is 0 Å². The molecule has 1 aliphatic carbocycles. The fourth-order valence-electron chi connectivity index (χ4n) is 2.82. The minimum atomic E-state index is 0.104. The summed E-state index contributed by atoms with van der Waals surface area (Å²) in [5.41, 5.74) is 6.66. The van der Waals surface area contributed by atoms with Crippen LogP contribution in [0.15, 0.2) is 29.4 Å². The Morgan fingerprint density at radius 3 is 2.71 bits per heavy atom. The van der Waals surface area contributed by atoms with Gasteiger partial charge >= 0.3 is 0 Å². The van der Waals surface area contributed by atoms with E-state index in [0.717, 1.165) is 12.3 Å². The molecule has 4 N–H and O–H groups in total. The van der Waals surface area contributed by atoms with Gasteiger partial charge in [-0.25, -0.2) is 0 Å². The maximum atomic E-state index is 8.59. The molecule has 5 nitrogen and oxygen atoms in total. The van der Waals surface area contributed by atoms with E-state index in [1.165, 1.54) is 19.3 Å². The van der Waals surface area contributed by atoms with E-state index in [9.17, 15) is 0 Å². The summed E-state index contributed by atoms with van der Waals surface area (Å²) in [5.74, 6) is 0.894. The molecule has 0 spiro atoms. The van der Waals surface area contributed by atoms with Crippen molar-refractivity contribution in [3.8, 4) is 5.75 Å². The quantitative estimate of drug-likeness (QED) is 0.247. The predicted octanol–water partition coefficient (Wildman–Crippen LogP) is 2.33. The van der Waals surface area contributed by atoms with Crippen LogP contribution in [0.2, 0.25) is 0 Å². The van der Waals surface area contributed by atoms with Crippen LogP contribution in [0.5, 0.6) is 5.75 Å². The largest absolute Gasteiger partial charge is 0.492 e. The summed E-state index contributed by atoms with van der Waals surface area (Å²) in [6.45, 7) is 6.14. The van der Waals surface area contributed by atoms with Gasteiger partial charge in [0.1, 0.15) is 12.4 Å². The number of benzene rings is 1. The van der Waals surface area contributed by atoms with Crippen LogP contribution in [0.4, 0.5) is 0 Å². The lowest BCUT2D eigenvalue weighted by Crippen LogP contribution is -2.31. The average molecular weight is 291 g/mol. The van der Waals surface area contributed by atoms with Crippen LogP contribution in [0, 0.1) is 5.41 Å². The molecule has 0 aliphatic heterocycles. The summed E-state index contributed by atoms with van der Waals surface area (Å²) in [7, 11) is 0. The van der Waals surface area contributed by atoms with E-state index in [0.29, 0.717) is 23.6 Å². The Balaban J connectivity index is 1.69. The number of nitrogens with zero attached hydrogens (tertiary/aromatic N) is 1. The van der Waals surface area contributed by atoms with Gasteiger partial charge in [-0.15, -0.1) is 0 Å². The van der Waals surface area contributed by atoms with Gasteiger partial charge < -0.3 is 21.0 Å². The zero-order chi connectivity index (χ0) is 15.3. The number of nitrogens with two attached hydrogens (primary N) is 1. The highest BCUT2D eigenvalue weighted by atomic mass is 16.5. The van der Waals surface area contributed by atoms with Gasteiger partial charge in [-0.2, -0.15) is 0 Å². The summed E-state index contributed by atoms with van der Waals surface area (Å²) < 4.78 is 5.68. The summed E-state index contributed by atoms with van der Waals surface area (Å²) >= 11 is 0. The molecule has 0 aromatic heterocycles. The molecule has 0 saturated heterocycles. The molecule has 0 radical (unpaired) electrons. The van der Waals surface area contributed by atoms with Crippen LogP contribution in [0.3, 0.4) is 0 Å². The first-order chi connectivity index (χ1) is 10.00. The SMILES string of the molecule is CC1(C)CCC(NCCOc2ccc(/C(N)=N/O)cc2)C1. The summed E-state index contributed by atoms with van der Waals surface area (Å²) in [4.78, 5) is 0. The summed E-state index contributed by atoms with van der Waals surface area (Å²) in [6.07, 6.45) is 3.78. The number of hydrogen-bond donors (Lipinski definition) is 3. The predicted molar refractivity (Wildman–Crippen MR) is 83.9 cm³/mol. The second-order valence-corrected chi connectivity index (χ2v) is 6.42. The number of oxime groups is 1. The second-order valence-electron chi connectivity index (χ2n) is 6.42. The first-order valence-corrected chi connectivity index (χ1v) is 7.44. The van der Waals surface area contributed by atoms with Crippen molar-refractivity contribution >= 4 is 5.84 Å². The first kappa shape index (κ1) is 15.6. The van der Waals surface area contributed by atoms with E-state index < -0.39 is 0 Å². The van der Waals surface area contributed by atoms with E-state index in [1.807, 2.05) is 12.1 Å². The Bertz CT molecular complexity index is 483. The van der Waals surface area contributed by atoms with Gasteiger partial charge in [0.2, 0.25) is 0 Å². The topological polar surface area (TPSA) is 79.9 Å². The highest BCUT2D eigenvalue weighted by Gasteiger charge is 2.30. The first-order valence-electron chi connectivity index (χ1n) is 7.44. The van der Waals surface area contributed by atoms with Gasteiger partial charge in [-0.05, 0) is 48.9 Å². The maximum Gasteiger partial charge on any atom is 0.170 e. The van der Waals surface area contributed by atoms with Crippen molar-refractivity contribution in [1.29, 1.82) is 0 Å². The van der Waals surface area contributed by atoms with Crippen LogP contribution in [0.25, 0.3) is 0 Å². The lowest BCUT2D eigenvalue weighted by molar-refractivity contribution is 0.299. The number of rotatable bonds is 6. The van der Waals surface area contributed by atoms with Crippen LogP contribution >= 0.6 is 0 Å². The highest BCUT2D eigenvalue weighted by molar-refractivity contribution is 5.97. The molecule has 5 heteroatoms. The monoisotopic (exact) mass is 291 g/mol. The fourth-order valence-corrected chi connectivity index (χ4v) is 2.82. The Morgan fingerprint density at radius 2 is 2.14 bits per heavy atom. The van der Waals surface area contributed by atoms with Crippen LogP contribution in [-0.4, -0.2) is 30.2 Å². The third-order valence-electron chi connectivity index (χ3n) is 4.03. The highest BCUT2D eigenvalue weighted by Crippen LogP contribution is 2.36. The van der Waals surface area contributed by atoms with Crippen molar-refractivity contribution in [2.45, 2.75) is 39.2 Å². The molecule has 1 aliphatic rings. The van der Waals surface area contributed by atoms with Crippen molar-refractivity contribution in [1.82, 2.24) is 5.32 Å². The third kappa shape index (κ3) is 4.63. The fraction of sp³-hybridized carbons (Fsp3) is 0.562. The minimum absolute atomic E-state index is 0.104. The lowest BCUT2D eigenvalue weighted by Gasteiger charge is -2.18. The summed E-state index contributed by atoms with van der Waals surface area (Å²) in [5, 5.41) is 15.1. The Hall–Kier alpha value is -1.75. The van der Waals surface area contributed by atoms with Gasteiger partial charge in [0, 0.05) is 18.2 Å². The molecular weight excluding hydrogens is 266 g/mol. The van der Waals surface area contributed by atoms with Crippen molar-refractivity contribution in [2.24, 2.45) is 16.3 Å². The normalized spacial score (nSPS) is 21.4. The molecule has 1 saturated carbocycles. The third-order valence-corrected chi connectivity index (χ3v) is 4.03. The molecular formula is C16H25N3O2. The number of amidine groups is 1. The standard InChI is InChI=1S/C16H25N3O2/c1-16(2)8-7-13(11-16)18-9-10-21-14-5-3-12(4-6-14)15(17)19-20/h3-6,13,18,20H,7-11H2,1-2H3,(H2,17,19). The van der Waals surface area contributed by atoms with Gasteiger partial charge in [0.15, 0.2) is 5.84 Å². The molecule has 1 aromatic carbocycles. The van der Waals surface area contributed by atoms with Crippen molar-refractivity contribution in [2.75, 3.05) is 13.2 Å². The molecule has 1 fully saturated rings. The van der Waals surface area contributed by atoms with E-state index in [-0.39, 0.29) is 5.84 Å². The van der Waals surface area contributed by atoms with Crippen LogP contribution < -0.4 is 15.8 Å². The van der Waals surface area contributed by atoms with E-state index in [2.05, 4.69) is 24.3 Å². The van der Waals surface area contributed by atoms with Gasteiger partial charge in [0.05, 0.1) is 0 Å². The average Bonchev–Trinajstić information content (AvgIpc) is 2.83. The molecule has 0 amide bonds. The van der Waals surface area contributed by atoms with E-state index >= 15 is 0 Å². The van der Waals surface area contributed by atoms with Crippen molar-refractivity contribution < 1.29 is 9.94 Å². The number of hydrogen-bond acceptors (Lipinski definition) is 4. The zero-order valence-corrected chi connectivity index (χ0v) is 12.8. The minimum Gasteiger partial charge on any atom is -0.492 e. The Labute approximate surface area is 126 Å². The van der Waals surface area contributed by atoms with E-state index in [4.69, 9.17) is 15.7 Å². The Morgan fingerprint density at radius 1 is 1.43 bits per heavy atom. The molecule has 21 heavy (non-hydrogen) atoms. The van der Waals surface area contributed by atoms with Crippen molar-refractivity contribution in [3.05, 3.63) is 29.8 Å². The lowest BCUT2D eigenvalue weighted by atomic mass is 9.92. The number of ether oxygens (including phenoxy) is 1. The van der Waals surface area contributed by atoms with Gasteiger partial charge in [-0.1, -0.05) is 19.0 Å². The van der Waals surface area contributed by atoms with Gasteiger partial charge in [0.25, 0.3) is 0 Å². The molecule has 0 heterocycles. The summed E-state index contributed by atoms with van der Waals surface area (Å²) in [6, 6.07) is 7.82. The van der Waals surface area contributed by atoms with Gasteiger partial charge in [-0.3, -0.25) is 0 Å². The number of nitrogens with one attached hydrogen (secondary N) is 1. The second kappa shape index (κ2) is 6.80. The Kier molecular flexibility index (Phi) is 5.07. The molecule has 1 aromatic rings. The molecule has 1 unspecified atom stereocenters. The van der Waals surface area contributed by atoms with E-state index in [1.54, 1.807) is 12.1 Å². The molecule has 1 atom stereocenters. The maximum absolute atomic E-state index is 8.59.